The molecule has 0 spiro atoms. The minimum Gasteiger partial charge on any atom is -0.490 e. The van der Waals surface area contributed by atoms with Gasteiger partial charge in [0.15, 0.2) is 0 Å². The third-order valence-corrected chi connectivity index (χ3v) is 3.86. The number of nitrogens with two attached hydrogens (primary N) is 1. The number of carbonyl (C=O) groups excluding carboxylic acids is 2. The summed E-state index contributed by atoms with van der Waals surface area (Å²) < 4.78 is 5.71. The topological polar surface area (TPSA) is 75.9 Å². The molecule has 0 radical (unpaired) electrons. The van der Waals surface area contributed by atoms with Crippen LogP contribution in [0.1, 0.15) is 30.6 Å². The summed E-state index contributed by atoms with van der Waals surface area (Å²) in [6.07, 6.45) is 0.646. The molecule has 1 saturated heterocycles. The van der Waals surface area contributed by atoms with Crippen molar-refractivity contribution in [1.29, 1.82) is 0 Å². The number of ether oxygens (including phenoxy) is 1. The maximum Gasteiger partial charge on any atom is 0.314 e. The predicted octanol–water partition coefficient (Wildman–Crippen LogP) is 2.35. The lowest BCUT2D eigenvalue weighted by molar-refractivity contribution is 0.0756. The second-order valence-electron chi connectivity index (χ2n) is 5.78. The summed E-state index contributed by atoms with van der Waals surface area (Å²) >= 11 is 6.04. The Hall–Kier alpha value is -1.95. The van der Waals surface area contributed by atoms with Crippen molar-refractivity contribution in [1.82, 2.24) is 9.80 Å². The number of halogens is 1. The zero-order valence-corrected chi connectivity index (χ0v) is 14.2. The molecule has 126 valence electrons. The largest absolute Gasteiger partial charge is 0.490 e. The Labute approximate surface area is 141 Å². The molecule has 1 aliphatic heterocycles. The van der Waals surface area contributed by atoms with Crippen LogP contribution in [-0.2, 0) is 0 Å². The molecular formula is C16H22ClN3O3. The van der Waals surface area contributed by atoms with E-state index in [4.69, 9.17) is 22.1 Å². The van der Waals surface area contributed by atoms with Crippen molar-refractivity contribution < 1.29 is 14.3 Å². The zero-order chi connectivity index (χ0) is 17.0. The Bertz CT molecular complexity index is 592. The van der Waals surface area contributed by atoms with E-state index in [1.165, 1.54) is 0 Å². The Kier molecular flexibility index (Phi) is 5.71. The number of rotatable bonds is 3. The molecular weight excluding hydrogens is 318 g/mol. The summed E-state index contributed by atoms with van der Waals surface area (Å²) in [5, 5.41) is 0.484. The Morgan fingerprint density at radius 1 is 1.17 bits per heavy atom. The summed E-state index contributed by atoms with van der Waals surface area (Å²) in [5.41, 5.74) is 5.76. The van der Waals surface area contributed by atoms with E-state index < -0.39 is 6.03 Å². The van der Waals surface area contributed by atoms with Crippen LogP contribution in [0.15, 0.2) is 18.2 Å². The minimum atomic E-state index is -0.453. The normalized spacial score (nSPS) is 15.5. The highest BCUT2D eigenvalue weighted by Crippen LogP contribution is 2.26. The molecule has 3 amide bonds. The van der Waals surface area contributed by atoms with Crippen LogP contribution < -0.4 is 10.5 Å². The molecule has 0 bridgehead atoms. The summed E-state index contributed by atoms with van der Waals surface area (Å²) in [5.74, 6) is 0.375. The summed E-state index contributed by atoms with van der Waals surface area (Å²) in [7, 11) is 0. The molecule has 2 N–H and O–H groups in total. The van der Waals surface area contributed by atoms with Gasteiger partial charge in [-0.2, -0.15) is 0 Å². The smallest absolute Gasteiger partial charge is 0.314 e. The van der Waals surface area contributed by atoms with Crippen molar-refractivity contribution in [3.05, 3.63) is 28.8 Å². The van der Waals surface area contributed by atoms with Gasteiger partial charge in [0.25, 0.3) is 5.91 Å². The molecule has 0 atom stereocenters. The lowest BCUT2D eigenvalue weighted by atomic mass is 10.1. The van der Waals surface area contributed by atoms with Crippen molar-refractivity contribution in [3.8, 4) is 5.75 Å². The van der Waals surface area contributed by atoms with Crippen molar-refractivity contribution in [2.75, 3.05) is 26.2 Å². The molecule has 0 saturated carbocycles. The third kappa shape index (κ3) is 4.51. The molecule has 23 heavy (non-hydrogen) atoms. The first kappa shape index (κ1) is 17.4. The van der Waals surface area contributed by atoms with E-state index in [1.807, 2.05) is 13.8 Å². The number of carbonyl (C=O) groups is 2. The maximum atomic E-state index is 12.8. The van der Waals surface area contributed by atoms with Crippen LogP contribution >= 0.6 is 11.6 Å². The first-order chi connectivity index (χ1) is 10.9. The molecule has 7 heteroatoms. The van der Waals surface area contributed by atoms with Crippen molar-refractivity contribution in [2.45, 2.75) is 26.4 Å². The van der Waals surface area contributed by atoms with Crippen LogP contribution in [0.2, 0.25) is 5.02 Å². The van der Waals surface area contributed by atoms with Crippen molar-refractivity contribution in [3.63, 3.8) is 0 Å². The molecule has 0 unspecified atom stereocenters. The average Bonchev–Trinajstić information content (AvgIpc) is 2.74. The number of hydrogen-bond donors (Lipinski definition) is 1. The van der Waals surface area contributed by atoms with E-state index in [9.17, 15) is 9.59 Å². The first-order valence-electron chi connectivity index (χ1n) is 7.68. The second-order valence-corrected chi connectivity index (χ2v) is 6.21. The van der Waals surface area contributed by atoms with Gasteiger partial charge in [0.1, 0.15) is 5.75 Å². The van der Waals surface area contributed by atoms with Gasteiger partial charge >= 0.3 is 6.03 Å². The van der Waals surface area contributed by atoms with Crippen LogP contribution in [0.25, 0.3) is 0 Å². The minimum absolute atomic E-state index is 0.0442. The van der Waals surface area contributed by atoms with Crippen molar-refractivity contribution in [2.24, 2.45) is 5.73 Å². The molecule has 1 heterocycles. The van der Waals surface area contributed by atoms with Gasteiger partial charge in [0, 0.05) is 31.2 Å². The predicted molar refractivity (Wildman–Crippen MR) is 88.9 cm³/mol. The fourth-order valence-electron chi connectivity index (χ4n) is 2.54. The number of nitrogens with zero attached hydrogens (tertiary/aromatic N) is 2. The Morgan fingerprint density at radius 3 is 2.48 bits per heavy atom. The van der Waals surface area contributed by atoms with Gasteiger partial charge in [-0.15, -0.1) is 0 Å². The van der Waals surface area contributed by atoms with Gasteiger partial charge in [-0.05, 0) is 38.5 Å². The standard InChI is InChI=1S/C16H22ClN3O3/c1-11(2)23-14-5-4-12(17)10-13(14)15(21)19-6-3-7-20(9-8-19)16(18)22/h4-5,10-11H,3,6-9H2,1-2H3,(H2,18,22). The van der Waals surface area contributed by atoms with E-state index >= 15 is 0 Å². The SMILES string of the molecule is CC(C)Oc1ccc(Cl)cc1C(=O)N1CCCN(C(N)=O)CC1. The van der Waals surface area contributed by atoms with Crippen molar-refractivity contribution >= 4 is 23.5 Å². The Balaban J connectivity index is 2.19. The maximum absolute atomic E-state index is 12.8. The molecule has 2 rings (SSSR count). The van der Waals surface area contributed by atoms with Gasteiger partial charge in [-0.25, -0.2) is 4.79 Å². The van der Waals surface area contributed by atoms with E-state index in [2.05, 4.69) is 0 Å². The molecule has 1 aromatic rings. The van der Waals surface area contributed by atoms with Crippen LogP contribution in [0, 0.1) is 0 Å². The number of amides is 3. The van der Waals surface area contributed by atoms with Crippen LogP contribution in [0.4, 0.5) is 4.79 Å². The fraction of sp³-hybridized carbons (Fsp3) is 0.500. The lowest BCUT2D eigenvalue weighted by Crippen LogP contribution is -2.39. The Morgan fingerprint density at radius 2 is 1.83 bits per heavy atom. The average molecular weight is 340 g/mol. The molecule has 0 aromatic heterocycles. The fourth-order valence-corrected chi connectivity index (χ4v) is 2.71. The summed E-state index contributed by atoms with van der Waals surface area (Å²) in [6, 6.07) is 4.58. The number of hydrogen-bond acceptors (Lipinski definition) is 3. The number of urea groups is 1. The van der Waals surface area contributed by atoms with Gasteiger partial charge in [0.05, 0.1) is 11.7 Å². The van der Waals surface area contributed by atoms with Gasteiger partial charge in [-0.1, -0.05) is 11.6 Å². The highest BCUT2D eigenvalue weighted by molar-refractivity contribution is 6.31. The van der Waals surface area contributed by atoms with Gasteiger partial charge in [-0.3, -0.25) is 4.79 Å². The van der Waals surface area contributed by atoms with Crippen LogP contribution in [-0.4, -0.2) is 54.0 Å². The van der Waals surface area contributed by atoms with Crippen LogP contribution in [0.5, 0.6) is 5.75 Å². The molecule has 1 aromatic carbocycles. The first-order valence-corrected chi connectivity index (χ1v) is 8.06. The van der Waals surface area contributed by atoms with Crippen LogP contribution in [0.3, 0.4) is 0 Å². The lowest BCUT2D eigenvalue weighted by Gasteiger charge is -2.23. The van der Waals surface area contributed by atoms with Gasteiger partial charge < -0.3 is 20.3 Å². The summed E-state index contributed by atoms with van der Waals surface area (Å²) in [4.78, 5) is 27.4. The summed E-state index contributed by atoms with van der Waals surface area (Å²) in [6.45, 7) is 5.80. The van der Waals surface area contributed by atoms with E-state index in [-0.39, 0.29) is 12.0 Å². The molecule has 0 aliphatic carbocycles. The molecule has 1 fully saturated rings. The van der Waals surface area contributed by atoms with E-state index in [0.29, 0.717) is 48.9 Å². The van der Waals surface area contributed by atoms with Gasteiger partial charge in [0.2, 0.25) is 0 Å². The highest BCUT2D eigenvalue weighted by Gasteiger charge is 2.24. The van der Waals surface area contributed by atoms with E-state index in [0.717, 1.165) is 0 Å². The number of primary amides is 1. The molecule has 1 aliphatic rings. The third-order valence-electron chi connectivity index (χ3n) is 3.63. The highest BCUT2D eigenvalue weighted by atomic mass is 35.5. The molecule has 6 nitrogen and oxygen atoms in total. The van der Waals surface area contributed by atoms with E-state index in [1.54, 1.807) is 28.0 Å². The monoisotopic (exact) mass is 339 g/mol. The second kappa shape index (κ2) is 7.55. The quantitative estimate of drug-likeness (QED) is 0.918. The zero-order valence-electron chi connectivity index (χ0n) is 13.4. The number of benzene rings is 1.